The van der Waals surface area contributed by atoms with Gasteiger partial charge in [-0.05, 0) is 26.0 Å². The second-order valence-electron chi connectivity index (χ2n) is 4.04. The summed E-state index contributed by atoms with van der Waals surface area (Å²) >= 11 is 1.35. The number of hydrogen-bond acceptors (Lipinski definition) is 5. The van der Waals surface area contributed by atoms with Crippen molar-refractivity contribution in [3.8, 4) is 11.8 Å². The molecule has 6 heteroatoms. The highest BCUT2D eigenvalue weighted by molar-refractivity contribution is 7.13. The lowest BCUT2D eigenvalue weighted by molar-refractivity contribution is 0.102. The van der Waals surface area contributed by atoms with Gasteiger partial charge in [-0.2, -0.15) is 5.26 Å². The molecule has 0 atom stereocenters. The molecule has 1 N–H and O–H groups in total. The van der Waals surface area contributed by atoms with E-state index in [9.17, 15) is 4.79 Å². The molecule has 1 heterocycles. The third kappa shape index (κ3) is 3.13. The number of benzene rings is 1. The maximum atomic E-state index is 12.2. The van der Waals surface area contributed by atoms with Crippen LogP contribution < -0.4 is 10.1 Å². The molecular weight excluding hydrogens is 274 g/mol. The second kappa shape index (κ2) is 6.17. The molecule has 2 rings (SSSR count). The van der Waals surface area contributed by atoms with Crippen LogP contribution in [-0.2, 0) is 0 Å². The first-order valence-electron chi connectivity index (χ1n) is 5.96. The minimum atomic E-state index is -0.221. The highest BCUT2D eigenvalue weighted by Gasteiger charge is 2.15. The second-order valence-corrected chi connectivity index (χ2v) is 5.25. The highest BCUT2D eigenvalue weighted by Crippen LogP contribution is 2.25. The summed E-state index contributed by atoms with van der Waals surface area (Å²) in [5.74, 6) is 0.252. The van der Waals surface area contributed by atoms with Crippen LogP contribution in [0.4, 0.5) is 5.69 Å². The molecule has 0 aliphatic heterocycles. The average molecular weight is 287 g/mol. The van der Waals surface area contributed by atoms with Gasteiger partial charge in [0.25, 0.3) is 5.91 Å². The van der Waals surface area contributed by atoms with Crippen molar-refractivity contribution in [1.82, 2.24) is 4.98 Å². The number of thiazole rings is 1. The zero-order valence-electron chi connectivity index (χ0n) is 11.1. The first-order chi connectivity index (χ1) is 9.61. The number of nitrogens with one attached hydrogen (secondary N) is 1. The molecular formula is C14H13N3O2S. The van der Waals surface area contributed by atoms with Crippen LogP contribution in [0, 0.1) is 25.2 Å². The van der Waals surface area contributed by atoms with Gasteiger partial charge in [-0.25, -0.2) is 4.98 Å². The zero-order valence-corrected chi connectivity index (χ0v) is 12.0. The van der Waals surface area contributed by atoms with E-state index in [0.717, 1.165) is 5.01 Å². The van der Waals surface area contributed by atoms with Crippen LogP contribution in [0.3, 0.4) is 0 Å². The number of anilines is 1. The number of nitriles is 1. The van der Waals surface area contributed by atoms with Crippen molar-refractivity contribution in [2.45, 2.75) is 13.8 Å². The lowest BCUT2D eigenvalue weighted by Crippen LogP contribution is -2.12. The fraction of sp³-hybridized carbons (Fsp3) is 0.214. The zero-order chi connectivity index (χ0) is 14.5. The first-order valence-corrected chi connectivity index (χ1v) is 6.77. The van der Waals surface area contributed by atoms with Crippen molar-refractivity contribution in [3.05, 3.63) is 39.8 Å². The summed E-state index contributed by atoms with van der Waals surface area (Å²) in [7, 11) is 0. The van der Waals surface area contributed by atoms with E-state index in [4.69, 9.17) is 10.00 Å². The maximum absolute atomic E-state index is 12.2. The van der Waals surface area contributed by atoms with Crippen molar-refractivity contribution in [1.29, 1.82) is 5.26 Å². The van der Waals surface area contributed by atoms with Gasteiger partial charge in [0, 0.05) is 0 Å². The van der Waals surface area contributed by atoms with Crippen LogP contribution in [0.5, 0.6) is 5.75 Å². The Kier molecular flexibility index (Phi) is 4.33. The van der Waals surface area contributed by atoms with E-state index < -0.39 is 0 Å². The van der Waals surface area contributed by atoms with Crippen molar-refractivity contribution in [2.24, 2.45) is 0 Å². The minimum absolute atomic E-state index is 0.0639. The first kappa shape index (κ1) is 14.0. The summed E-state index contributed by atoms with van der Waals surface area (Å²) in [5.41, 5.74) is 1.25. The van der Waals surface area contributed by atoms with Crippen LogP contribution in [0.15, 0.2) is 24.3 Å². The molecule has 1 aromatic heterocycles. The summed E-state index contributed by atoms with van der Waals surface area (Å²) in [6.45, 7) is 3.60. The van der Waals surface area contributed by atoms with Crippen LogP contribution in [-0.4, -0.2) is 17.5 Å². The van der Waals surface area contributed by atoms with E-state index in [2.05, 4.69) is 10.3 Å². The normalized spacial score (nSPS) is 9.85. The fourth-order valence-electron chi connectivity index (χ4n) is 1.73. The third-order valence-corrected chi connectivity index (χ3v) is 3.61. The smallest absolute Gasteiger partial charge is 0.267 e. The van der Waals surface area contributed by atoms with Crippen LogP contribution in [0.25, 0.3) is 0 Å². The van der Waals surface area contributed by atoms with Gasteiger partial charge < -0.3 is 10.1 Å². The van der Waals surface area contributed by atoms with Crippen molar-refractivity contribution in [2.75, 3.05) is 11.9 Å². The molecule has 1 aromatic carbocycles. The Bertz CT molecular complexity index is 673. The molecule has 102 valence electrons. The average Bonchev–Trinajstić information content (AvgIpc) is 2.77. The van der Waals surface area contributed by atoms with E-state index in [1.54, 1.807) is 31.2 Å². The molecule has 0 saturated heterocycles. The Morgan fingerprint density at radius 3 is 2.85 bits per heavy atom. The van der Waals surface area contributed by atoms with Gasteiger partial charge in [0.15, 0.2) is 6.61 Å². The number of carbonyl (C=O) groups is 1. The summed E-state index contributed by atoms with van der Waals surface area (Å²) < 4.78 is 5.27. The quantitative estimate of drug-likeness (QED) is 0.938. The van der Waals surface area contributed by atoms with Gasteiger partial charge in [0.1, 0.15) is 16.7 Å². The van der Waals surface area contributed by atoms with Crippen molar-refractivity contribution >= 4 is 22.9 Å². The molecule has 0 unspecified atom stereocenters. The van der Waals surface area contributed by atoms with E-state index in [1.807, 2.05) is 13.0 Å². The standard InChI is InChI=1S/C14H13N3O2S/c1-9-13(20-10(2)16-9)14(18)17-11-5-3-4-6-12(11)19-8-7-15/h3-6H,8H2,1-2H3,(H,17,18). The topological polar surface area (TPSA) is 75.0 Å². The molecule has 0 bridgehead atoms. The number of para-hydroxylation sites is 2. The predicted molar refractivity (Wildman–Crippen MR) is 77.1 cm³/mol. The van der Waals surface area contributed by atoms with Gasteiger partial charge in [0.05, 0.1) is 16.4 Å². The predicted octanol–water partition coefficient (Wildman–Crippen LogP) is 2.91. The molecule has 1 amide bonds. The van der Waals surface area contributed by atoms with Crippen LogP contribution in [0.2, 0.25) is 0 Å². The number of aryl methyl sites for hydroxylation is 2. The number of rotatable bonds is 4. The molecule has 20 heavy (non-hydrogen) atoms. The van der Waals surface area contributed by atoms with E-state index in [0.29, 0.717) is 22.0 Å². The van der Waals surface area contributed by atoms with E-state index in [1.165, 1.54) is 11.3 Å². The van der Waals surface area contributed by atoms with Crippen LogP contribution in [0.1, 0.15) is 20.4 Å². The summed E-state index contributed by atoms with van der Waals surface area (Å²) in [6, 6.07) is 8.91. The summed E-state index contributed by atoms with van der Waals surface area (Å²) in [4.78, 5) is 17.0. The number of carbonyl (C=O) groups excluding carboxylic acids is 1. The Hall–Kier alpha value is -2.39. The third-order valence-electron chi connectivity index (χ3n) is 2.54. The van der Waals surface area contributed by atoms with Gasteiger partial charge in [-0.3, -0.25) is 4.79 Å². The van der Waals surface area contributed by atoms with Crippen LogP contribution >= 0.6 is 11.3 Å². The molecule has 0 saturated carbocycles. The van der Waals surface area contributed by atoms with Gasteiger partial charge in [-0.1, -0.05) is 12.1 Å². The van der Waals surface area contributed by atoms with Gasteiger partial charge >= 0.3 is 0 Å². The maximum Gasteiger partial charge on any atom is 0.267 e. The summed E-state index contributed by atoms with van der Waals surface area (Å²) in [5, 5.41) is 12.2. The number of nitrogens with zero attached hydrogens (tertiary/aromatic N) is 2. The highest BCUT2D eigenvalue weighted by atomic mass is 32.1. The van der Waals surface area contributed by atoms with Gasteiger partial charge in [-0.15, -0.1) is 11.3 Å². The fourth-order valence-corrected chi connectivity index (χ4v) is 2.54. The lowest BCUT2D eigenvalue weighted by atomic mass is 10.2. The van der Waals surface area contributed by atoms with Crippen molar-refractivity contribution < 1.29 is 9.53 Å². The largest absolute Gasteiger partial charge is 0.477 e. The molecule has 2 aromatic rings. The monoisotopic (exact) mass is 287 g/mol. The minimum Gasteiger partial charge on any atom is -0.477 e. The molecule has 0 aliphatic rings. The Morgan fingerprint density at radius 1 is 1.45 bits per heavy atom. The van der Waals surface area contributed by atoms with E-state index in [-0.39, 0.29) is 12.5 Å². The Labute approximate surface area is 120 Å². The lowest BCUT2D eigenvalue weighted by Gasteiger charge is -2.09. The SMILES string of the molecule is Cc1nc(C)c(C(=O)Nc2ccccc2OCC#N)s1. The number of ether oxygens (including phenoxy) is 1. The molecule has 0 fully saturated rings. The molecule has 0 aliphatic carbocycles. The molecule has 5 nitrogen and oxygen atoms in total. The number of hydrogen-bond donors (Lipinski definition) is 1. The summed E-state index contributed by atoms with van der Waals surface area (Å²) in [6.07, 6.45) is 0. The van der Waals surface area contributed by atoms with Crippen molar-refractivity contribution in [3.63, 3.8) is 0 Å². The van der Waals surface area contributed by atoms with Gasteiger partial charge in [0.2, 0.25) is 0 Å². The molecule has 0 spiro atoms. The molecule has 0 radical (unpaired) electrons. The number of aromatic nitrogens is 1. The number of amides is 1. The Morgan fingerprint density at radius 2 is 2.20 bits per heavy atom. The van der Waals surface area contributed by atoms with E-state index >= 15 is 0 Å². The Balaban J connectivity index is 2.20.